The zero-order valence-electron chi connectivity index (χ0n) is 15.6. The van der Waals surface area contributed by atoms with Crippen molar-refractivity contribution in [2.75, 3.05) is 24.7 Å². The molecule has 2 aromatic heterocycles. The molecule has 0 saturated heterocycles. The number of fused-ring (bicyclic) bond motifs is 1. The number of nitrogens with zero attached hydrogens (tertiary/aromatic N) is 4. The molecule has 8 nitrogen and oxygen atoms in total. The smallest absolute Gasteiger partial charge is 0.222 e. The molecule has 0 aliphatic rings. The highest BCUT2D eigenvalue weighted by molar-refractivity contribution is 5.87. The van der Waals surface area contributed by atoms with E-state index in [9.17, 15) is 4.91 Å². The monoisotopic (exact) mass is 368 g/mol. The molecule has 0 aliphatic heterocycles. The van der Waals surface area contributed by atoms with Crippen molar-refractivity contribution in [3.05, 3.63) is 40.9 Å². The Kier molecular flexibility index (Phi) is 5.85. The highest BCUT2D eigenvalue weighted by Crippen LogP contribution is 2.28. The van der Waals surface area contributed by atoms with Gasteiger partial charge in [-0.05, 0) is 35.9 Å². The molecule has 2 heterocycles. The van der Waals surface area contributed by atoms with Crippen molar-refractivity contribution >= 4 is 28.5 Å². The number of ether oxygens (including phenoxy) is 1. The highest BCUT2D eigenvalue weighted by Gasteiger charge is 2.13. The van der Waals surface area contributed by atoms with Gasteiger partial charge < -0.3 is 20.4 Å². The molecule has 0 spiro atoms. The molecule has 3 rings (SSSR count). The SMILES string of the molecule is CCCCCNc1nc(N)nc2ccn(Cc3cc(N=O)ccc3OC)c12. The number of hydrogen-bond donors (Lipinski definition) is 2. The molecule has 0 radical (unpaired) electrons. The number of benzene rings is 1. The highest BCUT2D eigenvalue weighted by atomic mass is 16.5. The van der Waals surface area contributed by atoms with Crippen molar-refractivity contribution in [3.63, 3.8) is 0 Å². The van der Waals surface area contributed by atoms with Crippen molar-refractivity contribution in [2.45, 2.75) is 32.7 Å². The Hall–Kier alpha value is -3.16. The van der Waals surface area contributed by atoms with Gasteiger partial charge in [0.2, 0.25) is 5.95 Å². The predicted octanol–water partition coefficient (Wildman–Crippen LogP) is 4.07. The number of hydrogen-bond acceptors (Lipinski definition) is 7. The average Bonchev–Trinajstić information content (AvgIpc) is 3.07. The Morgan fingerprint density at radius 3 is 2.85 bits per heavy atom. The molecule has 0 atom stereocenters. The third-order valence-corrected chi connectivity index (χ3v) is 4.41. The molecule has 0 fully saturated rings. The lowest BCUT2D eigenvalue weighted by Crippen LogP contribution is -2.09. The van der Waals surface area contributed by atoms with Crippen LogP contribution in [0, 0.1) is 4.91 Å². The zero-order chi connectivity index (χ0) is 19.2. The van der Waals surface area contributed by atoms with Crippen LogP contribution in [-0.4, -0.2) is 28.2 Å². The fraction of sp³-hybridized carbons (Fsp3) is 0.368. The van der Waals surface area contributed by atoms with Gasteiger partial charge in [0.1, 0.15) is 17.0 Å². The number of unbranched alkanes of at least 4 members (excludes halogenated alkanes) is 2. The average molecular weight is 368 g/mol. The minimum atomic E-state index is 0.239. The summed E-state index contributed by atoms with van der Waals surface area (Å²) in [4.78, 5) is 19.6. The van der Waals surface area contributed by atoms with Crippen molar-refractivity contribution in [3.8, 4) is 5.75 Å². The Morgan fingerprint density at radius 2 is 2.11 bits per heavy atom. The summed E-state index contributed by atoms with van der Waals surface area (Å²) in [6.07, 6.45) is 5.29. The summed E-state index contributed by atoms with van der Waals surface area (Å²) < 4.78 is 7.44. The first kappa shape index (κ1) is 18.6. The first-order valence-corrected chi connectivity index (χ1v) is 9.02. The minimum Gasteiger partial charge on any atom is -0.496 e. The fourth-order valence-electron chi connectivity index (χ4n) is 3.09. The summed E-state index contributed by atoms with van der Waals surface area (Å²) >= 11 is 0. The largest absolute Gasteiger partial charge is 0.496 e. The third kappa shape index (κ3) is 4.16. The van der Waals surface area contributed by atoms with Crippen molar-refractivity contribution in [2.24, 2.45) is 5.18 Å². The van der Waals surface area contributed by atoms with Gasteiger partial charge in [0, 0.05) is 18.3 Å². The van der Waals surface area contributed by atoms with Crippen LogP contribution in [0.25, 0.3) is 11.0 Å². The lowest BCUT2D eigenvalue weighted by molar-refractivity contribution is 0.408. The number of nitrogens with two attached hydrogens (primary N) is 1. The van der Waals surface area contributed by atoms with Gasteiger partial charge in [0.15, 0.2) is 5.82 Å². The second-order valence-electron chi connectivity index (χ2n) is 6.33. The molecule has 27 heavy (non-hydrogen) atoms. The first-order chi connectivity index (χ1) is 13.2. The van der Waals surface area contributed by atoms with E-state index in [1.807, 2.05) is 16.8 Å². The molecule has 3 aromatic rings. The summed E-state index contributed by atoms with van der Waals surface area (Å²) in [5.41, 5.74) is 8.71. The molecule has 3 N–H and O–H groups in total. The Balaban J connectivity index is 1.96. The topological polar surface area (TPSA) is 107 Å². The maximum absolute atomic E-state index is 10.9. The molecule has 0 saturated carbocycles. The fourth-order valence-corrected chi connectivity index (χ4v) is 3.09. The molecule has 0 amide bonds. The van der Waals surface area contributed by atoms with Crippen LogP contribution in [0.2, 0.25) is 0 Å². The van der Waals surface area contributed by atoms with Crippen molar-refractivity contribution < 1.29 is 4.74 Å². The van der Waals surface area contributed by atoms with Crippen LogP contribution in [0.1, 0.15) is 31.7 Å². The van der Waals surface area contributed by atoms with E-state index in [0.717, 1.165) is 42.4 Å². The molecule has 0 bridgehead atoms. The number of rotatable bonds is 9. The standard InChI is InChI=1S/C19H24N6O2/c1-3-4-5-9-21-18-17-15(22-19(20)23-18)8-10-25(17)12-13-11-14(24-26)6-7-16(13)27-2/h6-8,10-11H,3-5,9,12H2,1-2H3,(H3,20,21,22,23). The van der Waals surface area contributed by atoms with E-state index in [2.05, 4.69) is 27.4 Å². The van der Waals surface area contributed by atoms with Gasteiger partial charge in [-0.15, -0.1) is 4.91 Å². The van der Waals surface area contributed by atoms with Gasteiger partial charge in [0.25, 0.3) is 0 Å². The van der Waals surface area contributed by atoms with E-state index in [0.29, 0.717) is 23.8 Å². The zero-order valence-corrected chi connectivity index (χ0v) is 15.6. The summed E-state index contributed by atoms with van der Waals surface area (Å²) in [6, 6.07) is 7.01. The van der Waals surface area contributed by atoms with E-state index < -0.39 is 0 Å². The van der Waals surface area contributed by atoms with Gasteiger partial charge >= 0.3 is 0 Å². The number of nitroso groups, excluding NO2 is 1. The second kappa shape index (κ2) is 8.48. The number of anilines is 2. The minimum absolute atomic E-state index is 0.239. The Morgan fingerprint density at radius 1 is 1.26 bits per heavy atom. The normalized spacial score (nSPS) is 10.9. The van der Waals surface area contributed by atoms with Gasteiger partial charge in [-0.25, -0.2) is 4.98 Å². The number of methoxy groups -OCH3 is 1. The third-order valence-electron chi connectivity index (χ3n) is 4.41. The molecule has 8 heteroatoms. The van der Waals surface area contributed by atoms with E-state index in [1.165, 1.54) is 0 Å². The maximum Gasteiger partial charge on any atom is 0.222 e. The van der Waals surface area contributed by atoms with Crippen LogP contribution < -0.4 is 15.8 Å². The van der Waals surface area contributed by atoms with E-state index in [-0.39, 0.29) is 5.95 Å². The number of aromatic nitrogens is 3. The van der Waals surface area contributed by atoms with Crippen LogP contribution >= 0.6 is 0 Å². The molecular formula is C19H24N6O2. The summed E-state index contributed by atoms with van der Waals surface area (Å²) in [5, 5.41) is 6.39. The predicted molar refractivity (Wildman–Crippen MR) is 108 cm³/mol. The van der Waals surface area contributed by atoms with Crippen LogP contribution in [0.4, 0.5) is 17.5 Å². The molecule has 0 unspecified atom stereocenters. The molecular weight excluding hydrogens is 344 g/mol. The summed E-state index contributed by atoms with van der Waals surface area (Å²) in [5.74, 6) is 1.64. The van der Waals surface area contributed by atoms with E-state index in [1.54, 1.807) is 25.3 Å². The van der Waals surface area contributed by atoms with E-state index in [4.69, 9.17) is 10.5 Å². The number of nitrogens with one attached hydrogen (secondary N) is 1. The van der Waals surface area contributed by atoms with Crippen molar-refractivity contribution in [1.82, 2.24) is 14.5 Å². The Bertz CT molecular complexity index is 937. The van der Waals surface area contributed by atoms with Gasteiger partial charge in [-0.3, -0.25) is 0 Å². The Labute approximate surface area is 157 Å². The van der Waals surface area contributed by atoms with Crippen LogP contribution in [0.5, 0.6) is 5.75 Å². The lowest BCUT2D eigenvalue weighted by Gasteiger charge is -2.13. The maximum atomic E-state index is 10.9. The van der Waals surface area contributed by atoms with Crippen LogP contribution in [-0.2, 0) is 6.54 Å². The van der Waals surface area contributed by atoms with Crippen LogP contribution in [0.15, 0.2) is 35.6 Å². The quantitative estimate of drug-likeness (QED) is 0.435. The van der Waals surface area contributed by atoms with Crippen molar-refractivity contribution in [1.29, 1.82) is 0 Å². The van der Waals surface area contributed by atoms with Gasteiger partial charge in [-0.1, -0.05) is 19.8 Å². The summed E-state index contributed by atoms with van der Waals surface area (Å²) in [7, 11) is 1.60. The molecule has 142 valence electrons. The van der Waals surface area contributed by atoms with Gasteiger partial charge in [0.05, 0.1) is 19.2 Å². The number of nitrogen functional groups attached to an aromatic ring is 1. The lowest BCUT2D eigenvalue weighted by atomic mass is 10.1. The van der Waals surface area contributed by atoms with Gasteiger partial charge in [-0.2, -0.15) is 4.98 Å². The first-order valence-electron chi connectivity index (χ1n) is 9.02. The van der Waals surface area contributed by atoms with E-state index >= 15 is 0 Å². The summed E-state index contributed by atoms with van der Waals surface area (Å²) in [6.45, 7) is 3.48. The van der Waals surface area contributed by atoms with Crippen LogP contribution in [0.3, 0.4) is 0 Å². The molecule has 0 aliphatic carbocycles. The molecule has 1 aromatic carbocycles. The second-order valence-corrected chi connectivity index (χ2v) is 6.33.